The van der Waals surface area contributed by atoms with Gasteiger partial charge in [0, 0.05) is 19.6 Å². The van der Waals surface area contributed by atoms with Gasteiger partial charge in [-0.25, -0.2) is 0 Å². The molecular weight excluding hydrogens is 172 g/mol. The predicted molar refractivity (Wildman–Crippen MR) is 62.2 cm³/mol. The number of likely N-dealkylation sites (tertiary alicyclic amines) is 1. The molecule has 0 amide bonds. The van der Waals surface area contributed by atoms with E-state index in [0.29, 0.717) is 5.92 Å². The minimum absolute atomic E-state index is 0.701. The maximum atomic E-state index is 5.74. The van der Waals surface area contributed by atoms with Gasteiger partial charge in [-0.2, -0.15) is 0 Å². The van der Waals surface area contributed by atoms with Crippen LogP contribution in [0.5, 0.6) is 0 Å². The molecule has 3 atom stereocenters. The molecule has 0 aromatic heterocycles. The molecule has 1 fully saturated rings. The fraction of sp³-hybridized carbons (Fsp3) is 1.00. The Morgan fingerprint density at radius 1 is 1.29 bits per heavy atom. The third kappa shape index (κ3) is 3.58. The molecule has 2 nitrogen and oxygen atoms in total. The monoisotopic (exact) mass is 198 g/mol. The van der Waals surface area contributed by atoms with Crippen molar-refractivity contribution in [2.24, 2.45) is 23.5 Å². The standard InChI is InChI=1S/C12H26N2/c1-4-12(6-13)9-14-7-10(2)5-11(3)8-14/h10-12H,4-9,13H2,1-3H3. The zero-order valence-corrected chi connectivity index (χ0v) is 10.00. The van der Waals surface area contributed by atoms with Crippen molar-refractivity contribution in [3.8, 4) is 0 Å². The van der Waals surface area contributed by atoms with Crippen molar-refractivity contribution in [3.63, 3.8) is 0 Å². The Labute approximate surface area is 88.8 Å². The third-order valence-corrected chi connectivity index (χ3v) is 3.37. The number of nitrogens with two attached hydrogens (primary N) is 1. The summed E-state index contributed by atoms with van der Waals surface area (Å²) < 4.78 is 0. The first kappa shape index (κ1) is 12.0. The van der Waals surface area contributed by atoms with Crippen LogP contribution in [-0.4, -0.2) is 31.1 Å². The number of hydrogen-bond acceptors (Lipinski definition) is 2. The summed E-state index contributed by atoms with van der Waals surface area (Å²) in [5, 5.41) is 0. The maximum absolute atomic E-state index is 5.74. The van der Waals surface area contributed by atoms with Crippen molar-refractivity contribution in [3.05, 3.63) is 0 Å². The number of hydrogen-bond donors (Lipinski definition) is 1. The Balaban J connectivity index is 2.35. The van der Waals surface area contributed by atoms with E-state index in [2.05, 4.69) is 25.7 Å². The fourth-order valence-electron chi connectivity index (χ4n) is 2.68. The molecule has 84 valence electrons. The molecule has 2 N–H and O–H groups in total. The smallest absolute Gasteiger partial charge is 0.00218 e. The topological polar surface area (TPSA) is 29.3 Å². The second-order valence-electron chi connectivity index (χ2n) is 5.17. The van der Waals surface area contributed by atoms with Crippen LogP contribution in [0.2, 0.25) is 0 Å². The molecule has 1 aliphatic rings. The van der Waals surface area contributed by atoms with Crippen LogP contribution in [0, 0.1) is 17.8 Å². The normalized spacial score (nSPS) is 31.7. The van der Waals surface area contributed by atoms with Gasteiger partial charge < -0.3 is 10.6 Å². The van der Waals surface area contributed by atoms with Gasteiger partial charge in [0.2, 0.25) is 0 Å². The van der Waals surface area contributed by atoms with Crippen molar-refractivity contribution < 1.29 is 0 Å². The minimum Gasteiger partial charge on any atom is -0.330 e. The van der Waals surface area contributed by atoms with Gasteiger partial charge in [-0.05, 0) is 30.7 Å². The summed E-state index contributed by atoms with van der Waals surface area (Å²) in [6, 6.07) is 0. The molecule has 0 bridgehead atoms. The van der Waals surface area contributed by atoms with Crippen molar-refractivity contribution in [1.82, 2.24) is 4.90 Å². The molecule has 0 aromatic carbocycles. The molecule has 2 heteroatoms. The van der Waals surface area contributed by atoms with Gasteiger partial charge in [-0.1, -0.05) is 27.2 Å². The van der Waals surface area contributed by atoms with E-state index in [1.807, 2.05) is 0 Å². The summed E-state index contributed by atoms with van der Waals surface area (Å²) in [5.41, 5.74) is 5.74. The maximum Gasteiger partial charge on any atom is 0.00218 e. The summed E-state index contributed by atoms with van der Waals surface area (Å²) in [7, 11) is 0. The van der Waals surface area contributed by atoms with Gasteiger partial charge in [-0.3, -0.25) is 0 Å². The summed E-state index contributed by atoms with van der Waals surface area (Å²) in [5.74, 6) is 2.44. The largest absolute Gasteiger partial charge is 0.330 e. The second kappa shape index (κ2) is 5.72. The zero-order valence-electron chi connectivity index (χ0n) is 10.00. The van der Waals surface area contributed by atoms with E-state index in [4.69, 9.17) is 5.73 Å². The quantitative estimate of drug-likeness (QED) is 0.748. The van der Waals surface area contributed by atoms with Crippen LogP contribution in [0.15, 0.2) is 0 Å². The number of nitrogens with zero attached hydrogens (tertiary/aromatic N) is 1. The fourth-order valence-corrected chi connectivity index (χ4v) is 2.68. The number of rotatable bonds is 4. The van der Waals surface area contributed by atoms with Crippen molar-refractivity contribution in [2.75, 3.05) is 26.2 Å². The average Bonchev–Trinajstić information content (AvgIpc) is 2.12. The van der Waals surface area contributed by atoms with Crippen molar-refractivity contribution in [2.45, 2.75) is 33.6 Å². The lowest BCUT2D eigenvalue weighted by molar-refractivity contribution is 0.122. The molecule has 0 spiro atoms. The highest BCUT2D eigenvalue weighted by Gasteiger charge is 2.22. The third-order valence-electron chi connectivity index (χ3n) is 3.37. The highest BCUT2D eigenvalue weighted by atomic mass is 15.1. The van der Waals surface area contributed by atoms with Crippen LogP contribution in [0.25, 0.3) is 0 Å². The summed E-state index contributed by atoms with van der Waals surface area (Å²) >= 11 is 0. The van der Waals surface area contributed by atoms with E-state index in [0.717, 1.165) is 18.4 Å². The Morgan fingerprint density at radius 2 is 1.86 bits per heavy atom. The average molecular weight is 198 g/mol. The first-order valence-corrected chi connectivity index (χ1v) is 6.08. The zero-order chi connectivity index (χ0) is 10.6. The van der Waals surface area contributed by atoms with Crippen molar-refractivity contribution >= 4 is 0 Å². The SMILES string of the molecule is CCC(CN)CN1CC(C)CC(C)C1. The van der Waals surface area contributed by atoms with E-state index < -0.39 is 0 Å². The molecule has 1 aliphatic heterocycles. The Morgan fingerprint density at radius 3 is 2.29 bits per heavy atom. The summed E-state index contributed by atoms with van der Waals surface area (Å²) in [6.45, 7) is 11.6. The van der Waals surface area contributed by atoms with Gasteiger partial charge in [0.15, 0.2) is 0 Å². The van der Waals surface area contributed by atoms with Crippen LogP contribution < -0.4 is 5.73 Å². The van der Waals surface area contributed by atoms with E-state index in [-0.39, 0.29) is 0 Å². The molecule has 14 heavy (non-hydrogen) atoms. The van der Waals surface area contributed by atoms with Crippen LogP contribution in [0.4, 0.5) is 0 Å². The molecule has 1 rings (SSSR count). The molecule has 3 unspecified atom stereocenters. The Bertz CT molecular complexity index is 144. The van der Waals surface area contributed by atoms with Gasteiger partial charge in [0.1, 0.15) is 0 Å². The van der Waals surface area contributed by atoms with E-state index in [9.17, 15) is 0 Å². The van der Waals surface area contributed by atoms with Gasteiger partial charge in [0.25, 0.3) is 0 Å². The lowest BCUT2D eigenvalue weighted by Gasteiger charge is -2.36. The first-order chi connectivity index (χ1) is 6.65. The van der Waals surface area contributed by atoms with Crippen LogP contribution in [0.1, 0.15) is 33.6 Å². The van der Waals surface area contributed by atoms with Gasteiger partial charge in [-0.15, -0.1) is 0 Å². The summed E-state index contributed by atoms with van der Waals surface area (Å²) in [4.78, 5) is 2.61. The van der Waals surface area contributed by atoms with E-state index in [1.54, 1.807) is 0 Å². The molecule has 1 saturated heterocycles. The van der Waals surface area contributed by atoms with Crippen LogP contribution in [0.3, 0.4) is 0 Å². The number of piperidine rings is 1. The molecule has 0 aromatic rings. The second-order valence-corrected chi connectivity index (χ2v) is 5.17. The molecule has 0 aliphatic carbocycles. The first-order valence-electron chi connectivity index (χ1n) is 6.08. The van der Waals surface area contributed by atoms with Crippen LogP contribution in [-0.2, 0) is 0 Å². The lowest BCUT2D eigenvalue weighted by Crippen LogP contribution is -2.42. The molecule has 0 radical (unpaired) electrons. The Hall–Kier alpha value is -0.0800. The predicted octanol–water partition coefficient (Wildman–Crippen LogP) is 1.95. The van der Waals surface area contributed by atoms with Crippen molar-refractivity contribution in [1.29, 1.82) is 0 Å². The van der Waals surface area contributed by atoms with E-state index >= 15 is 0 Å². The van der Waals surface area contributed by atoms with Crippen LogP contribution >= 0.6 is 0 Å². The molecule has 0 saturated carbocycles. The molecule has 1 heterocycles. The Kier molecular flexibility index (Phi) is 4.90. The van der Waals surface area contributed by atoms with Gasteiger partial charge >= 0.3 is 0 Å². The molecular formula is C12H26N2. The summed E-state index contributed by atoms with van der Waals surface area (Å²) in [6.07, 6.45) is 2.62. The highest BCUT2D eigenvalue weighted by Crippen LogP contribution is 2.21. The van der Waals surface area contributed by atoms with E-state index in [1.165, 1.54) is 32.5 Å². The lowest BCUT2D eigenvalue weighted by atomic mass is 9.91. The van der Waals surface area contributed by atoms with Gasteiger partial charge in [0.05, 0.1) is 0 Å². The minimum atomic E-state index is 0.701. The highest BCUT2D eigenvalue weighted by molar-refractivity contribution is 4.76.